The Morgan fingerprint density at radius 2 is 1.53 bits per heavy atom. The number of hydrogen-bond acceptors (Lipinski definition) is 5. The Balaban J connectivity index is 0.000000806. The maximum atomic E-state index is 8.36. The van der Waals surface area contributed by atoms with Crippen LogP contribution in [-0.4, -0.2) is 76.6 Å². The van der Waals surface area contributed by atoms with E-state index in [1.54, 1.807) is 0 Å². The number of piperidine rings is 1. The molecule has 1 aromatic carbocycles. The first kappa shape index (κ1) is 22.4. The van der Waals surface area contributed by atoms with Crippen molar-refractivity contribution >= 4 is 6.47 Å². The van der Waals surface area contributed by atoms with Crippen molar-refractivity contribution in [2.75, 3.05) is 39.3 Å². The van der Waals surface area contributed by atoms with E-state index in [-0.39, 0.29) is 6.47 Å². The van der Waals surface area contributed by atoms with Gasteiger partial charge in [-0.05, 0) is 37.5 Å². The van der Waals surface area contributed by atoms with Crippen LogP contribution in [0, 0.1) is 6.92 Å². The predicted molar refractivity (Wildman–Crippen MR) is 119 cm³/mol. The third-order valence-corrected chi connectivity index (χ3v) is 6.06. The molecule has 0 amide bonds. The number of nitrogens with zero attached hydrogens (tertiary/aromatic N) is 4. The summed E-state index contributed by atoms with van der Waals surface area (Å²) in [5, 5.41) is 6.89. The maximum absolute atomic E-state index is 8.36. The van der Waals surface area contributed by atoms with Crippen molar-refractivity contribution in [1.29, 1.82) is 0 Å². The molecule has 2 saturated heterocycles. The molecule has 2 aliphatic heterocycles. The van der Waals surface area contributed by atoms with Crippen LogP contribution in [0.2, 0.25) is 0 Å². The molecule has 1 N–H and O–H groups in total. The molecule has 6 heteroatoms. The standard InChI is InChI=1S/C23H32N4.CH2O2/c1-20-6-5-9-22(24-20)19-25-12-10-23(11-13-25)27-16-14-26(15-17-27)18-21-7-3-2-4-8-21;2-1-3/h2-9,23H,10-19H2,1H3;1H,(H,2,3). The number of carboxylic acid groups (broad SMARTS) is 1. The lowest BCUT2D eigenvalue weighted by Gasteiger charge is -2.42. The molecule has 0 saturated carbocycles. The summed E-state index contributed by atoms with van der Waals surface area (Å²) in [5.74, 6) is 0. The van der Waals surface area contributed by atoms with Crippen molar-refractivity contribution < 1.29 is 9.90 Å². The number of pyridine rings is 1. The lowest BCUT2D eigenvalue weighted by Crippen LogP contribution is -2.52. The minimum absolute atomic E-state index is 0.250. The Labute approximate surface area is 180 Å². The predicted octanol–water partition coefficient (Wildman–Crippen LogP) is 2.87. The Kier molecular flexibility index (Phi) is 8.81. The van der Waals surface area contributed by atoms with E-state index in [0.29, 0.717) is 0 Å². The highest BCUT2D eigenvalue weighted by atomic mass is 16.3. The van der Waals surface area contributed by atoms with Crippen LogP contribution in [0.25, 0.3) is 0 Å². The van der Waals surface area contributed by atoms with E-state index in [1.807, 2.05) is 0 Å². The zero-order valence-electron chi connectivity index (χ0n) is 18.0. The van der Waals surface area contributed by atoms with Gasteiger partial charge in [0.25, 0.3) is 6.47 Å². The zero-order chi connectivity index (χ0) is 21.2. The number of likely N-dealkylation sites (tertiary alicyclic amines) is 1. The number of aryl methyl sites for hydroxylation is 1. The molecule has 4 rings (SSSR count). The number of benzene rings is 1. The fraction of sp³-hybridized carbons (Fsp3) is 0.500. The highest BCUT2D eigenvalue weighted by molar-refractivity contribution is 5.32. The Morgan fingerprint density at radius 1 is 0.900 bits per heavy atom. The third kappa shape index (κ3) is 6.90. The van der Waals surface area contributed by atoms with Crippen LogP contribution < -0.4 is 0 Å². The highest BCUT2D eigenvalue weighted by Gasteiger charge is 2.27. The second kappa shape index (κ2) is 11.8. The first-order valence-electron chi connectivity index (χ1n) is 10.9. The van der Waals surface area contributed by atoms with Gasteiger partial charge >= 0.3 is 0 Å². The first-order valence-corrected chi connectivity index (χ1v) is 10.9. The fourth-order valence-electron chi connectivity index (χ4n) is 4.49. The number of rotatable bonds is 5. The summed E-state index contributed by atoms with van der Waals surface area (Å²) in [6.45, 7) is 11.1. The molecular formula is C24H34N4O2. The first-order chi connectivity index (χ1) is 14.7. The van der Waals surface area contributed by atoms with Crippen LogP contribution in [-0.2, 0) is 17.9 Å². The summed E-state index contributed by atoms with van der Waals surface area (Å²) in [7, 11) is 0. The summed E-state index contributed by atoms with van der Waals surface area (Å²) in [6.07, 6.45) is 2.59. The van der Waals surface area contributed by atoms with E-state index in [2.05, 4.69) is 75.1 Å². The fourth-order valence-corrected chi connectivity index (χ4v) is 4.49. The molecule has 0 unspecified atom stereocenters. The van der Waals surface area contributed by atoms with Gasteiger partial charge in [-0.15, -0.1) is 0 Å². The Bertz CT molecular complexity index is 755. The normalized spacial score (nSPS) is 19.1. The molecule has 2 aliphatic rings. The van der Waals surface area contributed by atoms with Crippen LogP contribution in [0.4, 0.5) is 0 Å². The molecule has 6 nitrogen and oxygen atoms in total. The van der Waals surface area contributed by atoms with Gasteiger partial charge in [-0.2, -0.15) is 0 Å². The molecule has 1 aromatic heterocycles. The van der Waals surface area contributed by atoms with Crippen molar-refractivity contribution in [1.82, 2.24) is 19.7 Å². The molecule has 2 fully saturated rings. The lowest BCUT2D eigenvalue weighted by atomic mass is 10.0. The molecule has 0 radical (unpaired) electrons. The smallest absolute Gasteiger partial charge is 0.290 e. The molecule has 0 aliphatic carbocycles. The van der Waals surface area contributed by atoms with Gasteiger partial charge in [-0.25, -0.2) is 0 Å². The van der Waals surface area contributed by atoms with Gasteiger partial charge in [-0.1, -0.05) is 36.4 Å². The van der Waals surface area contributed by atoms with Gasteiger partial charge in [-0.3, -0.25) is 24.5 Å². The SMILES string of the molecule is Cc1cccc(CN2CCC(N3CCN(Cc4ccccc4)CC3)CC2)n1.O=CO. The van der Waals surface area contributed by atoms with Gasteiger partial charge in [0.1, 0.15) is 0 Å². The lowest BCUT2D eigenvalue weighted by molar-refractivity contribution is -0.122. The summed E-state index contributed by atoms with van der Waals surface area (Å²) in [4.78, 5) is 20.9. The molecule has 3 heterocycles. The molecule has 30 heavy (non-hydrogen) atoms. The molecular weight excluding hydrogens is 376 g/mol. The summed E-state index contributed by atoms with van der Waals surface area (Å²) < 4.78 is 0. The third-order valence-electron chi connectivity index (χ3n) is 6.06. The van der Waals surface area contributed by atoms with Gasteiger partial charge in [0.15, 0.2) is 0 Å². The van der Waals surface area contributed by atoms with Crippen molar-refractivity contribution in [2.45, 2.75) is 38.9 Å². The van der Waals surface area contributed by atoms with Crippen molar-refractivity contribution in [3.8, 4) is 0 Å². The van der Waals surface area contributed by atoms with E-state index in [9.17, 15) is 0 Å². The van der Waals surface area contributed by atoms with E-state index in [1.165, 1.54) is 63.4 Å². The monoisotopic (exact) mass is 410 g/mol. The minimum Gasteiger partial charge on any atom is -0.483 e. The number of hydrogen-bond donors (Lipinski definition) is 1. The zero-order valence-corrected chi connectivity index (χ0v) is 18.0. The number of piperazine rings is 1. The van der Waals surface area contributed by atoms with Gasteiger partial charge in [0.05, 0.1) is 5.69 Å². The topological polar surface area (TPSA) is 59.9 Å². The average Bonchev–Trinajstić information content (AvgIpc) is 2.76. The van der Waals surface area contributed by atoms with Crippen LogP contribution >= 0.6 is 0 Å². The van der Waals surface area contributed by atoms with Crippen LogP contribution in [0.1, 0.15) is 29.8 Å². The van der Waals surface area contributed by atoms with Crippen molar-refractivity contribution in [3.05, 3.63) is 65.5 Å². The molecule has 2 aromatic rings. The van der Waals surface area contributed by atoms with E-state index >= 15 is 0 Å². The quantitative estimate of drug-likeness (QED) is 0.765. The Hall–Kier alpha value is -2.28. The van der Waals surface area contributed by atoms with Crippen molar-refractivity contribution in [2.24, 2.45) is 0 Å². The molecule has 0 spiro atoms. The van der Waals surface area contributed by atoms with Crippen LogP contribution in [0.5, 0.6) is 0 Å². The van der Waals surface area contributed by atoms with Crippen molar-refractivity contribution in [3.63, 3.8) is 0 Å². The number of aromatic nitrogens is 1. The van der Waals surface area contributed by atoms with E-state index in [4.69, 9.17) is 9.90 Å². The maximum Gasteiger partial charge on any atom is 0.290 e. The van der Waals surface area contributed by atoms with E-state index in [0.717, 1.165) is 24.8 Å². The minimum atomic E-state index is -0.250. The highest BCUT2D eigenvalue weighted by Crippen LogP contribution is 2.20. The summed E-state index contributed by atoms with van der Waals surface area (Å²) >= 11 is 0. The summed E-state index contributed by atoms with van der Waals surface area (Å²) in [5.41, 5.74) is 3.77. The van der Waals surface area contributed by atoms with Gasteiger partial charge in [0.2, 0.25) is 0 Å². The second-order valence-electron chi connectivity index (χ2n) is 8.18. The second-order valence-corrected chi connectivity index (χ2v) is 8.18. The Morgan fingerprint density at radius 3 is 2.17 bits per heavy atom. The molecule has 162 valence electrons. The van der Waals surface area contributed by atoms with Gasteiger partial charge < -0.3 is 5.11 Å². The van der Waals surface area contributed by atoms with Gasteiger partial charge in [0, 0.05) is 64.1 Å². The molecule has 0 bridgehead atoms. The average molecular weight is 411 g/mol. The van der Waals surface area contributed by atoms with Crippen LogP contribution in [0.3, 0.4) is 0 Å². The number of carbonyl (C=O) groups is 1. The molecule has 0 atom stereocenters. The summed E-state index contributed by atoms with van der Waals surface area (Å²) in [6, 6.07) is 18.0. The van der Waals surface area contributed by atoms with E-state index < -0.39 is 0 Å². The largest absolute Gasteiger partial charge is 0.483 e. The van der Waals surface area contributed by atoms with Crippen LogP contribution in [0.15, 0.2) is 48.5 Å².